The van der Waals surface area contributed by atoms with Gasteiger partial charge in [0, 0.05) is 25.1 Å². The van der Waals surface area contributed by atoms with Gasteiger partial charge in [0.2, 0.25) is 5.91 Å². The van der Waals surface area contributed by atoms with Gasteiger partial charge < -0.3 is 10.6 Å². The summed E-state index contributed by atoms with van der Waals surface area (Å²) in [6.07, 6.45) is 0.335. The predicted molar refractivity (Wildman–Crippen MR) is 62.8 cm³/mol. The number of rotatable bonds is 3. The van der Waals surface area contributed by atoms with E-state index in [1.807, 2.05) is 6.07 Å². The summed E-state index contributed by atoms with van der Waals surface area (Å²) < 4.78 is 0. The fourth-order valence-corrected chi connectivity index (χ4v) is 1.79. The number of carbonyl (C=O) groups is 1. The molecule has 2 N–H and O–H groups in total. The van der Waals surface area contributed by atoms with Crippen LogP contribution >= 0.6 is 0 Å². The summed E-state index contributed by atoms with van der Waals surface area (Å²) in [6, 6.07) is 5.84. The zero-order valence-electron chi connectivity index (χ0n) is 9.34. The summed E-state index contributed by atoms with van der Waals surface area (Å²) in [7, 11) is 0. The highest BCUT2D eigenvalue weighted by Crippen LogP contribution is 2.22. The zero-order chi connectivity index (χ0) is 13.1. The molecule has 18 heavy (non-hydrogen) atoms. The molecule has 0 aromatic heterocycles. The van der Waals surface area contributed by atoms with Crippen molar-refractivity contribution < 1.29 is 9.72 Å². The van der Waals surface area contributed by atoms with Crippen molar-refractivity contribution >= 4 is 17.3 Å². The Kier molecular flexibility index (Phi) is 3.10. The number of nitro benzene ring substituents is 1. The third-order valence-corrected chi connectivity index (χ3v) is 2.67. The molecule has 1 amide bonds. The summed E-state index contributed by atoms with van der Waals surface area (Å²) in [5.74, 6) is -0.0482. The summed E-state index contributed by atoms with van der Waals surface area (Å²) >= 11 is 0. The van der Waals surface area contributed by atoms with Gasteiger partial charge in [0.25, 0.3) is 5.69 Å². The number of nitriles is 1. The molecule has 0 bridgehead atoms. The first-order valence-corrected chi connectivity index (χ1v) is 5.32. The zero-order valence-corrected chi connectivity index (χ0v) is 9.34. The van der Waals surface area contributed by atoms with Crippen LogP contribution in [0.5, 0.6) is 0 Å². The van der Waals surface area contributed by atoms with Crippen LogP contribution in [0.4, 0.5) is 11.4 Å². The van der Waals surface area contributed by atoms with Crippen molar-refractivity contribution in [1.82, 2.24) is 5.32 Å². The Labute approximate surface area is 103 Å². The molecule has 1 heterocycles. The highest BCUT2D eigenvalue weighted by atomic mass is 16.6. The molecule has 1 aliphatic heterocycles. The van der Waals surface area contributed by atoms with Crippen molar-refractivity contribution in [2.75, 3.05) is 11.9 Å². The first-order valence-electron chi connectivity index (χ1n) is 5.32. The second kappa shape index (κ2) is 4.71. The number of nitrogens with one attached hydrogen (secondary N) is 2. The minimum absolute atomic E-state index is 0.0482. The van der Waals surface area contributed by atoms with Crippen LogP contribution in [-0.4, -0.2) is 23.4 Å². The lowest BCUT2D eigenvalue weighted by atomic mass is 10.1. The van der Waals surface area contributed by atoms with E-state index in [0.29, 0.717) is 18.7 Å². The second-order valence-corrected chi connectivity index (χ2v) is 3.95. The van der Waals surface area contributed by atoms with Crippen LogP contribution in [0, 0.1) is 21.4 Å². The number of non-ortho nitro benzene ring substituents is 1. The van der Waals surface area contributed by atoms with E-state index in [9.17, 15) is 14.9 Å². The summed E-state index contributed by atoms with van der Waals surface area (Å²) in [6.45, 7) is 0.487. The molecule has 0 spiro atoms. The first-order chi connectivity index (χ1) is 8.60. The molecule has 1 fully saturated rings. The maximum atomic E-state index is 11.0. The van der Waals surface area contributed by atoms with E-state index in [4.69, 9.17) is 5.26 Å². The van der Waals surface area contributed by atoms with Crippen molar-refractivity contribution in [3.05, 3.63) is 33.9 Å². The van der Waals surface area contributed by atoms with Crippen LogP contribution in [0.3, 0.4) is 0 Å². The molecule has 1 unspecified atom stereocenters. The van der Waals surface area contributed by atoms with E-state index in [1.165, 1.54) is 18.2 Å². The molecule has 1 atom stereocenters. The number of nitrogens with zero attached hydrogens (tertiary/aromatic N) is 2. The molecule has 1 aliphatic rings. The molecule has 92 valence electrons. The van der Waals surface area contributed by atoms with Crippen molar-refractivity contribution in [3.8, 4) is 6.07 Å². The first kappa shape index (κ1) is 11.9. The summed E-state index contributed by atoms with van der Waals surface area (Å²) in [5, 5.41) is 25.2. The van der Waals surface area contributed by atoms with E-state index in [-0.39, 0.29) is 23.2 Å². The van der Waals surface area contributed by atoms with Crippen LogP contribution in [-0.2, 0) is 4.79 Å². The number of benzene rings is 1. The highest BCUT2D eigenvalue weighted by Gasteiger charge is 2.22. The Morgan fingerprint density at radius 3 is 2.89 bits per heavy atom. The summed E-state index contributed by atoms with van der Waals surface area (Å²) in [4.78, 5) is 21.1. The quantitative estimate of drug-likeness (QED) is 0.604. The molecule has 2 rings (SSSR count). The molecule has 0 radical (unpaired) electrons. The molecule has 7 nitrogen and oxygen atoms in total. The minimum atomic E-state index is -0.550. The Balaban J connectivity index is 2.20. The van der Waals surface area contributed by atoms with Gasteiger partial charge in [-0.1, -0.05) is 0 Å². The van der Waals surface area contributed by atoms with Gasteiger partial charge in [0.1, 0.15) is 6.07 Å². The predicted octanol–water partition coefficient (Wildman–Crippen LogP) is 0.767. The number of hydrogen-bond acceptors (Lipinski definition) is 5. The minimum Gasteiger partial charge on any atom is -0.379 e. The Hall–Kier alpha value is -2.62. The van der Waals surface area contributed by atoms with Crippen LogP contribution in [0.1, 0.15) is 12.0 Å². The molecule has 7 heteroatoms. The lowest BCUT2D eigenvalue weighted by Crippen LogP contribution is -2.22. The maximum absolute atomic E-state index is 11.0. The smallest absolute Gasteiger partial charge is 0.270 e. The van der Waals surface area contributed by atoms with E-state index in [2.05, 4.69) is 10.6 Å². The Morgan fingerprint density at radius 2 is 2.33 bits per heavy atom. The second-order valence-electron chi connectivity index (χ2n) is 3.95. The van der Waals surface area contributed by atoms with Gasteiger partial charge in [-0.2, -0.15) is 5.26 Å². The van der Waals surface area contributed by atoms with Crippen molar-refractivity contribution in [3.63, 3.8) is 0 Å². The van der Waals surface area contributed by atoms with Crippen LogP contribution in [0.15, 0.2) is 18.2 Å². The van der Waals surface area contributed by atoms with E-state index < -0.39 is 4.92 Å². The standard InChI is InChI=1S/C11H10N4O3/c12-5-7-3-9(15(17)18)1-2-10(7)14-8-4-11(16)13-6-8/h1-3,8,14H,4,6H2,(H,13,16). The monoisotopic (exact) mass is 246 g/mol. The average Bonchev–Trinajstić information content (AvgIpc) is 2.75. The number of hydrogen-bond donors (Lipinski definition) is 2. The Bertz CT molecular complexity index is 550. The number of carbonyl (C=O) groups excluding carboxylic acids is 1. The molecule has 0 aliphatic carbocycles. The topological polar surface area (TPSA) is 108 Å². The van der Waals surface area contributed by atoms with Crippen LogP contribution < -0.4 is 10.6 Å². The van der Waals surface area contributed by atoms with Gasteiger partial charge in [-0.3, -0.25) is 14.9 Å². The summed E-state index contributed by atoms with van der Waals surface area (Å²) in [5.41, 5.74) is 0.575. The molecular formula is C11H10N4O3. The fraction of sp³-hybridized carbons (Fsp3) is 0.273. The highest BCUT2D eigenvalue weighted by molar-refractivity contribution is 5.80. The number of amides is 1. The van der Waals surface area contributed by atoms with Crippen molar-refractivity contribution in [2.45, 2.75) is 12.5 Å². The largest absolute Gasteiger partial charge is 0.379 e. The third kappa shape index (κ3) is 2.38. The SMILES string of the molecule is N#Cc1cc([N+](=O)[O-])ccc1NC1CNC(=O)C1. The molecule has 1 saturated heterocycles. The van der Waals surface area contributed by atoms with E-state index in [0.717, 1.165) is 0 Å². The average molecular weight is 246 g/mol. The third-order valence-electron chi connectivity index (χ3n) is 2.67. The van der Waals surface area contributed by atoms with Crippen molar-refractivity contribution in [2.24, 2.45) is 0 Å². The van der Waals surface area contributed by atoms with Gasteiger partial charge in [-0.15, -0.1) is 0 Å². The van der Waals surface area contributed by atoms with Crippen LogP contribution in [0.2, 0.25) is 0 Å². The van der Waals surface area contributed by atoms with Gasteiger partial charge in [-0.05, 0) is 6.07 Å². The normalized spacial score (nSPS) is 17.9. The Morgan fingerprint density at radius 1 is 1.56 bits per heavy atom. The van der Waals surface area contributed by atoms with Crippen LogP contribution in [0.25, 0.3) is 0 Å². The fourth-order valence-electron chi connectivity index (χ4n) is 1.79. The molecular weight excluding hydrogens is 236 g/mol. The maximum Gasteiger partial charge on any atom is 0.270 e. The van der Waals surface area contributed by atoms with Gasteiger partial charge >= 0.3 is 0 Å². The molecule has 1 aromatic carbocycles. The van der Waals surface area contributed by atoms with Gasteiger partial charge in [-0.25, -0.2) is 0 Å². The lowest BCUT2D eigenvalue weighted by Gasteiger charge is -2.12. The number of anilines is 1. The number of nitro groups is 1. The van der Waals surface area contributed by atoms with E-state index >= 15 is 0 Å². The van der Waals surface area contributed by atoms with Gasteiger partial charge in [0.05, 0.1) is 22.2 Å². The molecule has 1 aromatic rings. The lowest BCUT2D eigenvalue weighted by molar-refractivity contribution is -0.384. The van der Waals surface area contributed by atoms with Crippen molar-refractivity contribution in [1.29, 1.82) is 5.26 Å². The van der Waals surface area contributed by atoms with Gasteiger partial charge in [0.15, 0.2) is 0 Å². The van der Waals surface area contributed by atoms with E-state index in [1.54, 1.807) is 0 Å². The molecule has 0 saturated carbocycles.